The molecule has 0 unspecified atom stereocenters. The van der Waals surface area contributed by atoms with Gasteiger partial charge in [0, 0.05) is 31.2 Å². The first-order valence-corrected chi connectivity index (χ1v) is 7.65. The van der Waals surface area contributed by atoms with Crippen LogP contribution in [0.1, 0.15) is 15.4 Å². The predicted molar refractivity (Wildman–Crippen MR) is 84.7 cm³/mol. The molecular formula is C14H12ClN5OS. The first kappa shape index (κ1) is 14.7. The van der Waals surface area contributed by atoms with E-state index in [1.165, 1.54) is 11.3 Å². The number of aromatic nitrogens is 4. The van der Waals surface area contributed by atoms with Gasteiger partial charge in [-0.2, -0.15) is 5.10 Å². The van der Waals surface area contributed by atoms with E-state index in [2.05, 4.69) is 20.4 Å². The van der Waals surface area contributed by atoms with Gasteiger partial charge in [0.2, 0.25) is 0 Å². The molecule has 0 atom stereocenters. The number of rotatable bonds is 4. The maximum Gasteiger partial charge on any atom is 0.261 e. The fraction of sp³-hybridized carbons (Fsp3) is 0.143. The third-order valence-electron chi connectivity index (χ3n) is 2.97. The zero-order valence-electron chi connectivity index (χ0n) is 11.7. The number of thiophene rings is 1. The van der Waals surface area contributed by atoms with Crippen LogP contribution < -0.4 is 5.32 Å². The van der Waals surface area contributed by atoms with Crippen LogP contribution in [0.25, 0.3) is 11.3 Å². The third kappa shape index (κ3) is 3.15. The molecule has 0 aromatic carbocycles. The third-order valence-corrected chi connectivity index (χ3v) is 4.20. The number of hydrogen-bond acceptors (Lipinski definition) is 5. The van der Waals surface area contributed by atoms with Gasteiger partial charge in [0.25, 0.3) is 5.91 Å². The molecule has 3 heterocycles. The summed E-state index contributed by atoms with van der Waals surface area (Å²) in [6.07, 6.45) is 6.79. The summed E-state index contributed by atoms with van der Waals surface area (Å²) in [5.74, 6) is -0.181. The topological polar surface area (TPSA) is 72.7 Å². The minimum absolute atomic E-state index is 0.181. The predicted octanol–water partition coefficient (Wildman–Crippen LogP) is 2.52. The van der Waals surface area contributed by atoms with E-state index in [1.807, 2.05) is 13.2 Å². The monoisotopic (exact) mass is 333 g/mol. The largest absolute Gasteiger partial charge is 0.346 e. The van der Waals surface area contributed by atoms with Gasteiger partial charge >= 0.3 is 0 Å². The molecule has 8 heteroatoms. The van der Waals surface area contributed by atoms with Crippen molar-refractivity contribution in [2.75, 3.05) is 0 Å². The SMILES string of the molecule is Cn1cc(-c2nccnc2CNC(=O)c2ccc(Cl)s2)cn1. The summed E-state index contributed by atoms with van der Waals surface area (Å²) < 4.78 is 2.28. The fourth-order valence-electron chi connectivity index (χ4n) is 1.97. The van der Waals surface area contributed by atoms with Gasteiger partial charge in [0.15, 0.2) is 0 Å². The number of carbonyl (C=O) groups is 1. The maximum absolute atomic E-state index is 12.1. The molecule has 0 saturated carbocycles. The number of amides is 1. The van der Waals surface area contributed by atoms with Gasteiger partial charge in [0.1, 0.15) is 0 Å². The Kier molecular flexibility index (Phi) is 4.17. The summed E-state index contributed by atoms with van der Waals surface area (Å²) in [6, 6.07) is 3.39. The average molecular weight is 334 g/mol. The highest BCUT2D eigenvalue weighted by Gasteiger charge is 2.13. The van der Waals surface area contributed by atoms with Crippen LogP contribution in [0, 0.1) is 0 Å². The summed E-state index contributed by atoms with van der Waals surface area (Å²) in [6.45, 7) is 0.284. The minimum Gasteiger partial charge on any atom is -0.346 e. The lowest BCUT2D eigenvalue weighted by molar-refractivity contribution is 0.0954. The Balaban J connectivity index is 1.77. The van der Waals surface area contributed by atoms with Crippen molar-refractivity contribution < 1.29 is 4.79 Å². The summed E-state index contributed by atoms with van der Waals surface area (Å²) in [4.78, 5) is 21.3. The average Bonchev–Trinajstić information content (AvgIpc) is 3.14. The van der Waals surface area contributed by atoms with E-state index in [9.17, 15) is 4.79 Å². The molecule has 0 spiro atoms. The molecule has 3 aromatic rings. The molecule has 6 nitrogen and oxygen atoms in total. The van der Waals surface area contributed by atoms with E-state index in [1.54, 1.807) is 35.4 Å². The Hall–Kier alpha value is -2.25. The van der Waals surface area contributed by atoms with Gasteiger partial charge in [-0.15, -0.1) is 11.3 Å². The number of carbonyl (C=O) groups excluding carboxylic acids is 1. The molecule has 0 aliphatic rings. The van der Waals surface area contributed by atoms with Crippen molar-refractivity contribution >= 4 is 28.8 Å². The molecule has 0 aliphatic heterocycles. The molecular weight excluding hydrogens is 322 g/mol. The Labute approximate surface area is 135 Å². The van der Waals surface area contributed by atoms with E-state index < -0.39 is 0 Å². The standard InChI is InChI=1S/C14H12ClN5OS/c1-20-8-9(6-19-20)13-10(16-4-5-17-13)7-18-14(21)11-2-3-12(15)22-11/h2-6,8H,7H2,1H3,(H,18,21). The highest BCUT2D eigenvalue weighted by atomic mass is 35.5. The number of hydrogen-bond donors (Lipinski definition) is 1. The van der Waals surface area contributed by atoms with Crippen LogP contribution in [0.2, 0.25) is 4.34 Å². The van der Waals surface area contributed by atoms with E-state index in [0.717, 1.165) is 5.56 Å². The zero-order valence-corrected chi connectivity index (χ0v) is 13.2. The molecule has 0 bridgehead atoms. The smallest absolute Gasteiger partial charge is 0.261 e. The molecule has 1 N–H and O–H groups in total. The zero-order chi connectivity index (χ0) is 15.5. The van der Waals surface area contributed by atoms with Crippen LogP contribution in [0.3, 0.4) is 0 Å². The molecule has 3 aromatic heterocycles. The summed E-state index contributed by atoms with van der Waals surface area (Å²) in [7, 11) is 1.84. The van der Waals surface area contributed by atoms with E-state index >= 15 is 0 Å². The second-order valence-corrected chi connectivity index (χ2v) is 6.26. The van der Waals surface area contributed by atoms with Crippen LogP contribution in [-0.2, 0) is 13.6 Å². The van der Waals surface area contributed by atoms with E-state index in [-0.39, 0.29) is 12.5 Å². The van der Waals surface area contributed by atoms with Crippen LogP contribution in [-0.4, -0.2) is 25.7 Å². The van der Waals surface area contributed by atoms with Gasteiger partial charge < -0.3 is 5.32 Å². The van der Waals surface area contributed by atoms with Crippen molar-refractivity contribution in [2.24, 2.45) is 7.05 Å². The van der Waals surface area contributed by atoms with Crippen molar-refractivity contribution in [3.8, 4) is 11.3 Å². The molecule has 0 saturated heterocycles. The van der Waals surface area contributed by atoms with Gasteiger partial charge in [-0.1, -0.05) is 11.6 Å². The second kappa shape index (κ2) is 6.25. The number of nitrogens with zero attached hydrogens (tertiary/aromatic N) is 4. The number of aryl methyl sites for hydroxylation is 1. The van der Waals surface area contributed by atoms with Gasteiger partial charge in [0.05, 0.1) is 33.3 Å². The molecule has 22 heavy (non-hydrogen) atoms. The number of halogens is 1. The Bertz CT molecular complexity index is 813. The first-order chi connectivity index (χ1) is 10.6. The van der Waals surface area contributed by atoms with Crippen LogP contribution in [0.4, 0.5) is 0 Å². The van der Waals surface area contributed by atoms with Crippen molar-refractivity contribution in [2.45, 2.75) is 6.54 Å². The molecule has 0 fully saturated rings. The minimum atomic E-state index is -0.181. The van der Waals surface area contributed by atoms with Crippen LogP contribution in [0.5, 0.6) is 0 Å². The summed E-state index contributed by atoms with van der Waals surface area (Å²) >= 11 is 7.08. The summed E-state index contributed by atoms with van der Waals surface area (Å²) in [5, 5.41) is 6.96. The molecule has 3 rings (SSSR count). The van der Waals surface area contributed by atoms with Gasteiger partial charge in [-0.25, -0.2) is 0 Å². The Morgan fingerprint density at radius 1 is 1.36 bits per heavy atom. The number of nitrogens with one attached hydrogen (secondary N) is 1. The maximum atomic E-state index is 12.1. The normalized spacial score (nSPS) is 10.6. The first-order valence-electron chi connectivity index (χ1n) is 6.46. The lowest BCUT2D eigenvalue weighted by Gasteiger charge is -2.06. The molecule has 112 valence electrons. The van der Waals surface area contributed by atoms with Crippen molar-refractivity contribution in [1.29, 1.82) is 0 Å². The quantitative estimate of drug-likeness (QED) is 0.796. The fourth-order valence-corrected chi connectivity index (χ4v) is 2.93. The van der Waals surface area contributed by atoms with Crippen molar-refractivity contribution in [3.63, 3.8) is 0 Å². The van der Waals surface area contributed by atoms with Crippen molar-refractivity contribution in [1.82, 2.24) is 25.1 Å². The van der Waals surface area contributed by atoms with Crippen LogP contribution >= 0.6 is 22.9 Å². The van der Waals surface area contributed by atoms with Gasteiger partial charge in [-0.05, 0) is 12.1 Å². The molecule has 1 amide bonds. The van der Waals surface area contributed by atoms with Crippen LogP contribution in [0.15, 0.2) is 36.9 Å². The van der Waals surface area contributed by atoms with E-state index in [4.69, 9.17) is 11.6 Å². The van der Waals surface area contributed by atoms with Crippen molar-refractivity contribution in [3.05, 3.63) is 51.8 Å². The Morgan fingerprint density at radius 2 is 2.18 bits per heavy atom. The Morgan fingerprint density at radius 3 is 2.86 bits per heavy atom. The highest BCUT2D eigenvalue weighted by molar-refractivity contribution is 7.17. The lowest BCUT2D eigenvalue weighted by atomic mass is 10.2. The summed E-state index contributed by atoms with van der Waals surface area (Å²) in [5.41, 5.74) is 2.26. The molecule has 0 radical (unpaired) electrons. The highest BCUT2D eigenvalue weighted by Crippen LogP contribution is 2.22. The second-order valence-electron chi connectivity index (χ2n) is 4.54. The van der Waals surface area contributed by atoms with E-state index in [0.29, 0.717) is 20.6 Å². The lowest BCUT2D eigenvalue weighted by Crippen LogP contribution is -2.23. The molecule has 0 aliphatic carbocycles. The van der Waals surface area contributed by atoms with Gasteiger partial charge in [-0.3, -0.25) is 19.4 Å².